The largest absolute Gasteiger partial charge is 0.497 e. The van der Waals surface area contributed by atoms with Crippen LogP contribution in [0.5, 0.6) is 17.2 Å². The molecule has 24 heavy (non-hydrogen) atoms. The second kappa shape index (κ2) is 8.06. The summed E-state index contributed by atoms with van der Waals surface area (Å²) in [6.07, 6.45) is 1.75. The summed E-state index contributed by atoms with van der Waals surface area (Å²) in [6, 6.07) is 12.7. The Balaban J connectivity index is 2.52. The highest BCUT2D eigenvalue weighted by molar-refractivity contribution is 6.21. The van der Waals surface area contributed by atoms with E-state index >= 15 is 0 Å². The highest BCUT2D eigenvalue weighted by atomic mass is 16.5. The lowest BCUT2D eigenvalue weighted by Gasteiger charge is -2.11. The van der Waals surface area contributed by atoms with Crippen molar-refractivity contribution in [2.45, 2.75) is 0 Å². The van der Waals surface area contributed by atoms with E-state index in [4.69, 9.17) is 18.9 Å². The van der Waals surface area contributed by atoms with Gasteiger partial charge < -0.3 is 18.9 Å². The van der Waals surface area contributed by atoms with E-state index in [0.29, 0.717) is 28.4 Å². The standard InChI is InChI=1S/C19H20O5/c1-21-15-7-5-6-13(10-15)11-16(19(20)24-4)14-8-9-17(22-2)18(12-14)23-3/h5-12H,1-4H3/b16-11+. The first-order valence-corrected chi connectivity index (χ1v) is 7.29. The normalized spacial score (nSPS) is 10.9. The van der Waals surface area contributed by atoms with E-state index in [-0.39, 0.29) is 0 Å². The third-order valence-corrected chi connectivity index (χ3v) is 3.50. The molecule has 0 saturated carbocycles. The summed E-state index contributed by atoms with van der Waals surface area (Å²) in [6.45, 7) is 0. The fourth-order valence-corrected chi connectivity index (χ4v) is 2.27. The van der Waals surface area contributed by atoms with Crippen molar-refractivity contribution in [1.82, 2.24) is 0 Å². The molecule has 0 atom stereocenters. The van der Waals surface area contributed by atoms with Gasteiger partial charge in [0.2, 0.25) is 0 Å². The predicted octanol–water partition coefficient (Wildman–Crippen LogP) is 3.43. The lowest BCUT2D eigenvalue weighted by Crippen LogP contribution is -2.04. The van der Waals surface area contributed by atoms with Gasteiger partial charge in [-0.05, 0) is 41.5 Å². The van der Waals surface area contributed by atoms with Crippen LogP contribution in [0.25, 0.3) is 11.6 Å². The Bertz CT molecular complexity index is 749. The molecule has 0 saturated heterocycles. The monoisotopic (exact) mass is 328 g/mol. The zero-order valence-electron chi connectivity index (χ0n) is 14.2. The number of carbonyl (C=O) groups is 1. The molecule has 0 aliphatic rings. The number of ether oxygens (including phenoxy) is 4. The molecule has 0 heterocycles. The van der Waals surface area contributed by atoms with Gasteiger partial charge in [0.15, 0.2) is 11.5 Å². The van der Waals surface area contributed by atoms with Crippen molar-refractivity contribution < 1.29 is 23.7 Å². The van der Waals surface area contributed by atoms with E-state index in [1.807, 2.05) is 24.3 Å². The van der Waals surface area contributed by atoms with E-state index in [2.05, 4.69) is 0 Å². The Morgan fingerprint density at radius 1 is 0.875 bits per heavy atom. The van der Waals surface area contributed by atoms with Crippen molar-refractivity contribution in [3.8, 4) is 17.2 Å². The maximum Gasteiger partial charge on any atom is 0.338 e. The maximum absolute atomic E-state index is 12.2. The molecule has 2 aromatic rings. The zero-order chi connectivity index (χ0) is 17.5. The average Bonchev–Trinajstić information content (AvgIpc) is 2.65. The van der Waals surface area contributed by atoms with Crippen LogP contribution >= 0.6 is 0 Å². The van der Waals surface area contributed by atoms with Crippen molar-refractivity contribution in [3.63, 3.8) is 0 Å². The van der Waals surface area contributed by atoms with Crippen molar-refractivity contribution in [3.05, 3.63) is 53.6 Å². The van der Waals surface area contributed by atoms with Gasteiger partial charge in [-0.25, -0.2) is 4.79 Å². The summed E-state index contributed by atoms with van der Waals surface area (Å²) in [5, 5.41) is 0. The molecular formula is C19H20O5. The molecule has 0 aromatic heterocycles. The molecule has 126 valence electrons. The number of carbonyl (C=O) groups excluding carboxylic acids is 1. The molecular weight excluding hydrogens is 308 g/mol. The Kier molecular flexibility index (Phi) is 5.84. The summed E-state index contributed by atoms with van der Waals surface area (Å²) in [4.78, 5) is 12.2. The molecule has 0 fully saturated rings. The second-order valence-corrected chi connectivity index (χ2v) is 4.90. The molecule has 0 spiro atoms. The van der Waals surface area contributed by atoms with Crippen LogP contribution in [0.15, 0.2) is 42.5 Å². The van der Waals surface area contributed by atoms with E-state index < -0.39 is 5.97 Å². The summed E-state index contributed by atoms with van der Waals surface area (Å²) in [7, 11) is 6.05. The van der Waals surface area contributed by atoms with Crippen LogP contribution in [-0.4, -0.2) is 34.4 Å². The van der Waals surface area contributed by atoms with Gasteiger partial charge in [0.25, 0.3) is 0 Å². The van der Waals surface area contributed by atoms with Gasteiger partial charge >= 0.3 is 5.97 Å². The summed E-state index contributed by atoms with van der Waals surface area (Å²) >= 11 is 0. The maximum atomic E-state index is 12.2. The molecule has 0 aliphatic heterocycles. The van der Waals surface area contributed by atoms with Crippen LogP contribution in [-0.2, 0) is 9.53 Å². The van der Waals surface area contributed by atoms with Gasteiger partial charge in [0.05, 0.1) is 34.0 Å². The molecule has 0 amide bonds. The van der Waals surface area contributed by atoms with Gasteiger partial charge in [-0.1, -0.05) is 18.2 Å². The first-order chi connectivity index (χ1) is 11.6. The highest BCUT2D eigenvalue weighted by Crippen LogP contribution is 2.31. The fraction of sp³-hybridized carbons (Fsp3) is 0.211. The van der Waals surface area contributed by atoms with Crippen LogP contribution in [0.1, 0.15) is 11.1 Å². The molecule has 0 bridgehead atoms. The molecule has 2 rings (SSSR count). The minimum Gasteiger partial charge on any atom is -0.497 e. The Morgan fingerprint density at radius 3 is 2.25 bits per heavy atom. The molecule has 5 heteroatoms. The van der Waals surface area contributed by atoms with Crippen LogP contribution in [0, 0.1) is 0 Å². The van der Waals surface area contributed by atoms with E-state index in [1.54, 1.807) is 45.6 Å². The minimum absolute atomic E-state index is 0.409. The SMILES string of the molecule is COC(=O)/C(=C/c1cccc(OC)c1)c1ccc(OC)c(OC)c1. The third-order valence-electron chi connectivity index (χ3n) is 3.50. The topological polar surface area (TPSA) is 54.0 Å². The smallest absolute Gasteiger partial charge is 0.338 e. The molecule has 0 radical (unpaired) electrons. The Morgan fingerprint density at radius 2 is 1.62 bits per heavy atom. The number of rotatable bonds is 6. The number of hydrogen-bond donors (Lipinski definition) is 0. The van der Waals surface area contributed by atoms with Gasteiger partial charge in [0, 0.05) is 0 Å². The van der Waals surface area contributed by atoms with E-state index in [1.165, 1.54) is 7.11 Å². The van der Waals surface area contributed by atoms with Gasteiger partial charge in [0.1, 0.15) is 5.75 Å². The molecule has 0 aliphatic carbocycles. The summed E-state index contributed by atoms with van der Waals surface area (Å²) < 4.78 is 20.7. The predicted molar refractivity (Wildman–Crippen MR) is 92.4 cm³/mol. The van der Waals surface area contributed by atoms with Crippen molar-refractivity contribution in [2.75, 3.05) is 28.4 Å². The van der Waals surface area contributed by atoms with Crippen LogP contribution in [0.3, 0.4) is 0 Å². The van der Waals surface area contributed by atoms with Crippen molar-refractivity contribution >= 4 is 17.6 Å². The van der Waals surface area contributed by atoms with Crippen molar-refractivity contribution in [1.29, 1.82) is 0 Å². The molecule has 0 N–H and O–H groups in total. The second-order valence-electron chi connectivity index (χ2n) is 4.90. The lowest BCUT2D eigenvalue weighted by atomic mass is 10.0. The van der Waals surface area contributed by atoms with Gasteiger partial charge in [-0.2, -0.15) is 0 Å². The van der Waals surface area contributed by atoms with Gasteiger partial charge in [-0.15, -0.1) is 0 Å². The van der Waals surface area contributed by atoms with Crippen LogP contribution in [0.2, 0.25) is 0 Å². The highest BCUT2D eigenvalue weighted by Gasteiger charge is 2.15. The minimum atomic E-state index is -0.440. The molecule has 2 aromatic carbocycles. The zero-order valence-corrected chi connectivity index (χ0v) is 14.2. The van der Waals surface area contributed by atoms with E-state index in [9.17, 15) is 4.79 Å². The van der Waals surface area contributed by atoms with Crippen molar-refractivity contribution in [2.24, 2.45) is 0 Å². The van der Waals surface area contributed by atoms with Crippen LogP contribution < -0.4 is 14.2 Å². The fourth-order valence-electron chi connectivity index (χ4n) is 2.27. The number of esters is 1. The number of hydrogen-bond acceptors (Lipinski definition) is 5. The first kappa shape index (κ1) is 17.4. The average molecular weight is 328 g/mol. The third kappa shape index (κ3) is 3.87. The van der Waals surface area contributed by atoms with E-state index in [0.717, 1.165) is 5.56 Å². The lowest BCUT2D eigenvalue weighted by molar-refractivity contribution is -0.133. The number of methoxy groups -OCH3 is 4. The molecule has 5 nitrogen and oxygen atoms in total. The van der Waals surface area contributed by atoms with Crippen LogP contribution in [0.4, 0.5) is 0 Å². The summed E-state index contributed by atoms with van der Waals surface area (Å²) in [5.74, 6) is 1.40. The van der Waals surface area contributed by atoms with Gasteiger partial charge in [-0.3, -0.25) is 0 Å². The molecule has 0 unspecified atom stereocenters. The Labute approximate surface area is 141 Å². The Hall–Kier alpha value is -2.95. The summed E-state index contributed by atoms with van der Waals surface area (Å²) in [5.41, 5.74) is 1.90. The quantitative estimate of drug-likeness (QED) is 0.462. The first-order valence-electron chi connectivity index (χ1n) is 7.29. The number of benzene rings is 2.